The predicted molar refractivity (Wildman–Crippen MR) is 100.0 cm³/mol. The van der Waals surface area contributed by atoms with Crippen LogP contribution in [0.5, 0.6) is 5.75 Å². The normalized spacial score (nSPS) is 16.4. The summed E-state index contributed by atoms with van der Waals surface area (Å²) in [4.78, 5) is 13.3. The lowest BCUT2D eigenvalue weighted by Gasteiger charge is -2.33. The summed E-state index contributed by atoms with van der Waals surface area (Å²) in [6.45, 7) is 4.14. The van der Waals surface area contributed by atoms with E-state index in [1.165, 1.54) is 0 Å². The predicted octanol–water partition coefficient (Wildman–Crippen LogP) is 3.66. The first-order valence-electron chi connectivity index (χ1n) is 8.09. The minimum atomic E-state index is -1.27. The van der Waals surface area contributed by atoms with Gasteiger partial charge in [0.1, 0.15) is 12.0 Å². The first-order chi connectivity index (χ1) is 11.9. The standard InChI is InChI=1S/C20H19NO3S/c1-20(2)15-11-12(24-3)9-10-13(15)18(22)17-14-7-5-6-8-16(14)21(19(17)20)25(4)23/h5-11H,1-4H3. The molecule has 25 heavy (non-hydrogen) atoms. The van der Waals surface area contributed by atoms with Crippen molar-refractivity contribution < 1.29 is 14.1 Å². The van der Waals surface area contributed by atoms with E-state index in [-0.39, 0.29) is 5.78 Å². The SMILES string of the molecule is COc1ccc2c(c1)C(C)(C)c1c(c3ccccc3n1[S+](C)[O-])C2=O. The topological polar surface area (TPSA) is 54.3 Å². The van der Waals surface area contributed by atoms with Crippen LogP contribution in [0.25, 0.3) is 10.9 Å². The number of benzene rings is 2. The van der Waals surface area contributed by atoms with E-state index in [0.717, 1.165) is 22.2 Å². The molecule has 0 aliphatic heterocycles. The summed E-state index contributed by atoms with van der Waals surface area (Å²) in [6.07, 6.45) is 1.65. The van der Waals surface area contributed by atoms with Crippen molar-refractivity contribution in [1.29, 1.82) is 0 Å². The number of methoxy groups -OCH3 is 1. The van der Waals surface area contributed by atoms with Crippen LogP contribution < -0.4 is 4.74 Å². The van der Waals surface area contributed by atoms with Gasteiger partial charge in [0, 0.05) is 16.4 Å². The third-order valence-electron chi connectivity index (χ3n) is 5.05. The van der Waals surface area contributed by atoms with Crippen LogP contribution >= 0.6 is 0 Å². The van der Waals surface area contributed by atoms with Gasteiger partial charge in [-0.1, -0.05) is 32.0 Å². The fourth-order valence-corrected chi connectivity index (χ4v) is 4.92. The molecule has 3 aromatic rings. The Morgan fingerprint density at radius 1 is 1.16 bits per heavy atom. The van der Waals surface area contributed by atoms with Crippen molar-refractivity contribution in [3.63, 3.8) is 0 Å². The van der Waals surface area contributed by atoms with Gasteiger partial charge in [0.15, 0.2) is 5.78 Å². The Bertz CT molecular complexity index is 1020. The molecule has 1 unspecified atom stereocenters. The molecule has 1 aliphatic rings. The van der Waals surface area contributed by atoms with Crippen molar-refractivity contribution in [2.75, 3.05) is 13.4 Å². The molecule has 0 saturated heterocycles. The van der Waals surface area contributed by atoms with Crippen LogP contribution in [-0.2, 0) is 16.8 Å². The summed E-state index contributed by atoms with van der Waals surface area (Å²) < 4.78 is 19.7. The van der Waals surface area contributed by atoms with Crippen LogP contribution in [0.1, 0.15) is 41.0 Å². The van der Waals surface area contributed by atoms with Crippen molar-refractivity contribution in [3.05, 3.63) is 64.8 Å². The van der Waals surface area contributed by atoms with Gasteiger partial charge in [-0.25, -0.2) is 0 Å². The highest BCUT2D eigenvalue weighted by atomic mass is 32.2. The van der Waals surface area contributed by atoms with Crippen LogP contribution in [-0.4, -0.2) is 27.7 Å². The molecule has 0 bridgehead atoms. The summed E-state index contributed by atoms with van der Waals surface area (Å²) in [5.41, 5.74) is 3.41. The maximum atomic E-state index is 13.3. The van der Waals surface area contributed by atoms with Gasteiger partial charge in [-0.15, -0.1) is 0 Å². The molecular formula is C20H19NO3S. The molecule has 5 heteroatoms. The summed E-state index contributed by atoms with van der Waals surface area (Å²) in [5, 5.41) is 0.854. The number of aromatic nitrogens is 1. The molecule has 1 atom stereocenters. The van der Waals surface area contributed by atoms with Crippen molar-refractivity contribution in [3.8, 4) is 5.75 Å². The van der Waals surface area contributed by atoms with Crippen LogP contribution in [0.3, 0.4) is 0 Å². The van der Waals surface area contributed by atoms with Gasteiger partial charge in [-0.05, 0) is 29.8 Å². The lowest BCUT2D eigenvalue weighted by Crippen LogP contribution is -2.34. The van der Waals surface area contributed by atoms with E-state index in [1.807, 2.05) is 42.5 Å². The molecule has 2 aromatic carbocycles. The number of rotatable bonds is 2. The first-order valence-corrected chi connectivity index (χ1v) is 9.60. The Balaban J connectivity index is 2.15. The van der Waals surface area contributed by atoms with E-state index in [0.29, 0.717) is 16.9 Å². The fraction of sp³-hybridized carbons (Fsp3) is 0.250. The second-order valence-corrected chi connectivity index (χ2v) is 8.04. The van der Waals surface area contributed by atoms with Gasteiger partial charge in [0.25, 0.3) is 0 Å². The van der Waals surface area contributed by atoms with E-state index >= 15 is 0 Å². The minimum Gasteiger partial charge on any atom is -0.593 e. The molecule has 0 spiro atoms. The first kappa shape index (κ1) is 16.2. The van der Waals surface area contributed by atoms with Crippen molar-refractivity contribution in [2.24, 2.45) is 0 Å². The number of ketones is 1. The van der Waals surface area contributed by atoms with Crippen LogP contribution in [0, 0.1) is 0 Å². The van der Waals surface area contributed by atoms with Gasteiger partial charge in [-0.2, -0.15) is 3.97 Å². The molecular weight excluding hydrogens is 334 g/mol. The number of carbonyl (C=O) groups excluding carboxylic acids is 1. The van der Waals surface area contributed by atoms with Crippen LogP contribution in [0.4, 0.5) is 0 Å². The molecule has 1 aromatic heterocycles. The Labute approximate surface area is 149 Å². The highest BCUT2D eigenvalue weighted by molar-refractivity contribution is 7.89. The second kappa shape index (κ2) is 5.38. The van der Waals surface area contributed by atoms with Crippen LogP contribution in [0.15, 0.2) is 42.5 Å². The zero-order valence-corrected chi connectivity index (χ0v) is 15.4. The largest absolute Gasteiger partial charge is 0.593 e. The number of fused-ring (bicyclic) bond motifs is 4. The average molecular weight is 353 g/mol. The smallest absolute Gasteiger partial charge is 0.195 e. The van der Waals surface area contributed by atoms with Gasteiger partial charge in [-0.3, -0.25) is 4.79 Å². The number of para-hydroxylation sites is 1. The Morgan fingerprint density at radius 3 is 2.56 bits per heavy atom. The Morgan fingerprint density at radius 2 is 1.88 bits per heavy atom. The highest BCUT2D eigenvalue weighted by Crippen LogP contribution is 2.46. The Hall–Kier alpha value is -2.24. The third kappa shape index (κ3) is 2.09. The molecule has 1 heterocycles. The average Bonchev–Trinajstić information content (AvgIpc) is 2.96. The van der Waals surface area contributed by atoms with Crippen molar-refractivity contribution in [1.82, 2.24) is 3.97 Å². The van der Waals surface area contributed by atoms with Crippen LogP contribution in [0.2, 0.25) is 0 Å². The second-order valence-electron chi connectivity index (χ2n) is 6.82. The Kier molecular flexibility index (Phi) is 3.49. The van der Waals surface area contributed by atoms with Crippen molar-refractivity contribution >= 4 is 28.0 Å². The monoisotopic (exact) mass is 353 g/mol. The summed E-state index contributed by atoms with van der Waals surface area (Å²) in [6, 6.07) is 13.2. The van der Waals surface area contributed by atoms with E-state index in [4.69, 9.17) is 4.74 Å². The van der Waals surface area contributed by atoms with Crippen molar-refractivity contribution in [2.45, 2.75) is 19.3 Å². The van der Waals surface area contributed by atoms with E-state index in [1.54, 1.807) is 17.3 Å². The third-order valence-corrected chi connectivity index (χ3v) is 5.95. The zero-order valence-electron chi connectivity index (χ0n) is 14.6. The molecule has 0 saturated carbocycles. The maximum absolute atomic E-state index is 13.3. The zero-order chi connectivity index (χ0) is 17.9. The molecule has 0 amide bonds. The molecule has 1 aliphatic carbocycles. The summed E-state index contributed by atoms with van der Waals surface area (Å²) in [7, 11) is 1.61. The van der Waals surface area contributed by atoms with Gasteiger partial charge in [0.2, 0.25) is 0 Å². The summed E-state index contributed by atoms with van der Waals surface area (Å²) in [5.74, 6) is 0.690. The molecule has 4 nitrogen and oxygen atoms in total. The fourth-order valence-electron chi connectivity index (χ4n) is 3.90. The van der Waals surface area contributed by atoms with E-state index in [9.17, 15) is 9.35 Å². The minimum absolute atomic E-state index is 0.0209. The molecule has 0 N–H and O–H groups in total. The van der Waals surface area contributed by atoms with Gasteiger partial charge in [0.05, 0.1) is 35.2 Å². The highest BCUT2D eigenvalue weighted by Gasteiger charge is 2.43. The molecule has 0 radical (unpaired) electrons. The maximum Gasteiger partial charge on any atom is 0.195 e. The summed E-state index contributed by atoms with van der Waals surface area (Å²) >= 11 is -1.27. The molecule has 0 fully saturated rings. The van der Waals surface area contributed by atoms with Gasteiger partial charge >= 0.3 is 0 Å². The van der Waals surface area contributed by atoms with E-state index in [2.05, 4.69) is 13.8 Å². The quantitative estimate of drug-likeness (QED) is 0.661. The number of carbonyl (C=O) groups is 1. The molecule has 128 valence electrons. The lowest BCUT2D eigenvalue weighted by atomic mass is 9.71. The number of hydrogen-bond donors (Lipinski definition) is 0. The number of hydrogen-bond acceptors (Lipinski definition) is 3. The number of ether oxygens (including phenoxy) is 1. The number of nitrogens with zero attached hydrogens (tertiary/aromatic N) is 1. The molecule has 4 rings (SSSR count). The van der Waals surface area contributed by atoms with E-state index < -0.39 is 16.8 Å². The van der Waals surface area contributed by atoms with Gasteiger partial charge < -0.3 is 9.29 Å². The lowest BCUT2D eigenvalue weighted by molar-refractivity contribution is 0.103.